The minimum absolute atomic E-state index is 0.587. The topological polar surface area (TPSA) is 47.0 Å². The monoisotopic (exact) mass is 167 g/mol. The molecule has 0 radical (unpaired) electrons. The van der Waals surface area contributed by atoms with Crippen LogP contribution in [0.25, 0.3) is 0 Å². The molecule has 0 aliphatic heterocycles. The lowest BCUT2D eigenvalue weighted by Crippen LogP contribution is -2.01. The van der Waals surface area contributed by atoms with E-state index in [1.165, 1.54) is 0 Å². The number of ether oxygens (including phenoxy) is 1. The summed E-state index contributed by atoms with van der Waals surface area (Å²) >= 11 is 0. The molecule has 0 saturated carbocycles. The average molecular weight is 167 g/mol. The lowest BCUT2D eigenvalue weighted by Gasteiger charge is -2.03. The maximum Gasteiger partial charge on any atom is 0.225 e. The molecule has 1 aromatic heterocycles. The average Bonchev–Trinajstić information content (AvgIpc) is 2.15. The third-order valence-electron chi connectivity index (χ3n) is 1.31. The van der Waals surface area contributed by atoms with Gasteiger partial charge in [-0.1, -0.05) is 6.92 Å². The first-order valence-corrected chi connectivity index (χ1v) is 4.00. The lowest BCUT2D eigenvalue weighted by molar-refractivity contribution is 0.305. The van der Waals surface area contributed by atoms with Crippen LogP contribution in [0.2, 0.25) is 0 Å². The van der Waals surface area contributed by atoms with Crippen LogP contribution < -0.4 is 10.1 Å². The van der Waals surface area contributed by atoms with Gasteiger partial charge in [0, 0.05) is 19.3 Å². The first-order chi connectivity index (χ1) is 5.86. The Labute approximate surface area is 72.0 Å². The molecule has 0 fully saturated rings. The minimum Gasteiger partial charge on any atom is -0.478 e. The fourth-order valence-corrected chi connectivity index (χ4v) is 0.750. The molecule has 4 heteroatoms. The number of rotatable bonds is 4. The standard InChI is InChI=1S/C8H13N3O/c1-3-6-12-7-4-5-10-8(9-2)11-7/h4-5H,3,6H2,1-2H3,(H,9,10,11). The molecule has 0 amide bonds. The van der Waals surface area contributed by atoms with Crippen molar-refractivity contribution in [2.45, 2.75) is 13.3 Å². The number of nitrogens with zero attached hydrogens (tertiary/aromatic N) is 2. The molecular weight excluding hydrogens is 154 g/mol. The van der Waals surface area contributed by atoms with Crippen molar-refractivity contribution in [1.29, 1.82) is 0 Å². The maximum absolute atomic E-state index is 5.31. The van der Waals surface area contributed by atoms with Crippen LogP contribution >= 0.6 is 0 Å². The molecule has 4 nitrogen and oxygen atoms in total. The van der Waals surface area contributed by atoms with Gasteiger partial charge in [-0.15, -0.1) is 0 Å². The molecule has 1 N–H and O–H groups in total. The van der Waals surface area contributed by atoms with E-state index in [9.17, 15) is 0 Å². The highest BCUT2D eigenvalue weighted by Gasteiger charge is 1.95. The lowest BCUT2D eigenvalue weighted by atomic mass is 10.5. The van der Waals surface area contributed by atoms with Gasteiger partial charge in [0.05, 0.1) is 6.61 Å². The number of hydrogen-bond donors (Lipinski definition) is 1. The minimum atomic E-state index is 0.587. The van der Waals surface area contributed by atoms with Crippen LogP contribution in [-0.2, 0) is 0 Å². The Balaban J connectivity index is 2.60. The van der Waals surface area contributed by atoms with Crippen molar-refractivity contribution in [3.05, 3.63) is 12.3 Å². The van der Waals surface area contributed by atoms with Crippen LogP contribution in [0.4, 0.5) is 5.95 Å². The number of aromatic nitrogens is 2. The Hall–Kier alpha value is -1.32. The summed E-state index contributed by atoms with van der Waals surface area (Å²) in [6, 6.07) is 1.75. The van der Waals surface area contributed by atoms with Crippen molar-refractivity contribution in [3.63, 3.8) is 0 Å². The molecule has 0 aliphatic carbocycles. The van der Waals surface area contributed by atoms with Crippen LogP contribution in [0.5, 0.6) is 5.88 Å². The molecule has 0 saturated heterocycles. The van der Waals surface area contributed by atoms with Crippen LogP contribution in [0.15, 0.2) is 12.3 Å². The van der Waals surface area contributed by atoms with Gasteiger partial charge >= 0.3 is 0 Å². The van der Waals surface area contributed by atoms with E-state index >= 15 is 0 Å². The number of nitrogens with one attached hydrogen (secondary N) is 1. The van der Waals surface area contributed by atoms with Crippen molar-refractivity contribution in [3.8, 4) is 5.88 Å². The fourth-order valence-electron chi connectivity index (χ4n) is 0.750. The molecule has 0 spiro atoms. The second-order valence-electron chi connectivity index (χ2n) is 2.32. The molecule has 12 heavy (non-hydrogen) atoms. The van der Waals surface area contributed by atoms with Gasteiger partial charge < -0.3 is 10.1 Å². The second kappa shape index (κ2) is 4.54. The summed E-state index contributed by atoms with van der Waals surface area (Å²) in [4.78, 5) is 8.05. The predicted octanol–water partition coefficient (Wildman–Crippen LogP) is 1.31. The van der Waals surface area contributed by atoms with Gasteiger partial charge in [-0.3, -0.25) is 0 Å². The normalized spacial score (nSPS) is 9.50. The Kier molecular flexibility index (Phi) is 3.32. The van der Waals surface area contributed by atoms with Gasteiger partial charge in [0.15, 0.2) is 0 Å². The second-order valence-corrected chi connectivity index (χ2v) is 2.32. The van der Waals surface area contributed by atoms with E-state index in [4.69, 9.17) is 4.74 Å². The fraction of sp³-hybridized carbons (Fsp3) is 0.500. The summed E-state index contributed by atoms with van der Waals surface area (Å²) in [5.74, 6) is 1.21. The summed E-state index contributed by atoms with van der Waals surface area (Å²) in [7, 11) is 1.78. The van der Waals surface area contributed by atoms with Crippen molar-refractivity contribution in [1.82, 2.24) is 9.97 Å². The number of anilines is 1. The summed E-state index contributed by atoms with van der Waals surface area (Å²) in [5.41, 5.74) is 0. The van der Waals surface area contributed by atoms with E-state index in [0.717, 1.165) is 6.42 Å². The van der Waals surface area contributed by atoms with Gasteiger partial charge in [-0.25, -0.2) is 4.98 Å². The maximum atomic E-state index is 5.31. The van der Waals surface area contributed by atoms with Crippen LogP contribution in [-0.4, -0.2) is 23.6 Å². The zero-order valence-corrected chi connectivity index (χ0v) is 7.37. The smallest absolute Gasteiger partial charge is 0.225 e. The highest BCUT2D eigenvalue weighted by Crippen LogP contribution is 2.07. The van der Waals surface area contributed by atoms with Crippen molar-refractivity contribution in [2.75, 3.05) is 19.0 Å². The van der Waals surface area contributed by atoms with Gasteiger partial charge in [-0.05, 0) is 6.42 Å². The first kappa shape index (κ1) is 8.77. The largest absolute Gasteiger partial charge is 0.478 e. The van der Waals surface area contributed by atoms with Crippen LogP contribution in [0, 0.1) is 0 Å². The van der Waals surface area contributed by atoms with Crippen LogP contribution in [0.3, 0.4) is 0 Å². The molecule has 0 aliphatic rings. The quantitative estimate of drug-likeness (QED) is 0.734. The summed E-state index contributed by atoms with van der Waals surface area (Å²) in [6.07, 6.45) is 2.66. The van der Waals surface area contributed by atoms with E-state index < -0.39 is 0 Å². The Bertz CT molecular complexity index is 239. The van der Waals surface area contributed by atoms with Crippen molar-refractivity contribution >= 4 is 5.95 Å². The number of hydrogen-bond acceptors (Lipinski definition) is 4. The van der Waals surface area contributed by atoms with E-state index in [2.05, 4.69) is 22.2 Å². The van der Waals surface area contributed by atoms with Crippen molar-refractivity contribution in [2.24, 2.45) is 0 Å². The Morgan fingerprint density at radius 2 is 2.42 bits per heavy atom. The summed E-state index contributed by atoms with van der Waals surface area (Å²) < 4.78 is 5.31. The van der Waals surface area contributed by atoms with Gasteiger partial charge in [0.2, 0.25) is 11.8 Å². The van der Waals surface area contributed by atoms with E-state index in [-0.39, 0.29) is 0 Å². The summed E-state index contributed by atoms with van der Waals surface area (Å²) in [6.45, 7) is 2.75. The molecule has 1 rings (SSSR count). The van der Waals surface area contributed by atoms with E-state index in [1.54, 1.807) is 19.3 Å². The van der Waals surface area contributed by atoms with Gasteiger partial charge in [0.1, 0.15) is 0 Å². The molecule has 0 bridgehead atoms. The molecular formula is C8H13N3O. The molecule has 0 atom stereocenters. The zero-order valence-electron chi connectivity index (χ0n) is 7.37. The van der Waals surface area contributed by atoms with Crippen molar-refractivity contribution < 1.29 is 4.74 Å². The zero-order chi connectivity index (χ0) is 8.81. The molecule has 0 unspecified atom stereocenters. The highest BCUT2D eigenvalue weighted by molar-refractivity contribution is 5.25. The van der Waals surface area contributed by atoms with Gasteiger partial charge in [-0.2, -0.15) is 4.98 Å². The van der Waals surface area contributed by atoms with Crippen LogP contribution in [0.1, 0.15) is 13.3 Å². The Morgan fingerprint density at radius 1 is 1.58 bits per heavy atom. The molecule has 1 aromatic rings. The molecule has 66 valence electrons. The third-order valence-corrected chi connectivity index (χ3v) is 1.31. The van der Waals surface area contributed by atoms with E-state index in [0.29, 0.717) is 18.4 Å². The molecule has 0 aromatic carbocycles. The van der Waals surface area contributed by atoms with Gasteiger partial charge in [0.25, 0.3) is 0 Å². The SMILES string of the molecule is CCCOc1ccnc(NC)n1. The molecule has 1 heterocycles. The highest BCUT2D eigenvalue weighted by atomic mass is 16.5. The van der Waals surface area contributed by atoms with E-state index in [1.807, 2.05) is 0 Å². The summed E-state index contributed by atoms with van der Waals surface area (Å²) in [5, 5.41) is 2.84. The third kappa shape index (κ3) is 2.38. The first-order valence-electron chi connectivity index (χ1n) is 4.00. The predicted molar refractivity (Wildman–Crippen MR) is 47.4 cm³/mol. The Morgan fingerprint density at radius 3 is 3.08 bits per heavy atom.